The van der Waals surface area contributed by atoms with Gasteiger partial charge in [0.2, 0.25) is 0 Å². The Hall–Kier alpha value is -2.50. The number of para-hydroxylation sites is 1. The van der Waals surface area contributed by atoms with Crippen LogP contribution in [-0.2, 0) is 13.1 Å². The van der Waals surface area contributed by atoms with E-state index in [4.69, 9.17) is 0 Å². The molecule has 0 amide bonds. The van der Waals surface area contributed by atoms with E-state index in [0.29, 0.717) is 0 Å². The van der Waals surface area contributed by atoms with Crippen LogP contribution in [0.15, 0.2) is 67.1 Å². The van der Waals surface area contributed by atoms with Crippen molar-refractivity contribution < 1.29 is 0 Å². The van der Waals surface area contributed by atoms with E-state index in [9.17, 15) is 0 Å². The van der Waals surface area contributed by atoms with E-state index in [1.807, 2.05) is 47.4 Å². The van der Waals surface area contributed by atoms with E-state index in [1.165, 1.54) is 5.56 Å². The Kier molecular flexibility index (Phi) is 6.52. The number of pyridine rings is 1. The second-order valence-electron chi connectivity index (χ2n) is 6.82. The van der Waals surface area contributed by atoms with Gasteiger partial charge in [0.05, 0.1) is 17.6 Å². The average Bonchev–Trinajstić information content (AvgIpc) is 3.11. The number of hydrogen-bond acceptors (Lipinski definition) is 4. The predicted molar refractivity (Wildman–Crippen MR) is 105 cm³/mol. The van der Waals surface area contributed by atoms with Crippen molar-refractivity contribution in [3.05, 3.63) is 78.4 Å². The third-order valence-electron chi connectivity index (χ3n) is 4.25. The van der Waals surface area contributed by atoms with E-state index < -0.39 is 0 Å². The first-order valence-corrected chi connectivity index (χ1v) is 9.06. The van der Waals surface area contributed by atoms with Crippen molar-refractivity contribution in [1.29, 1.82) is 0 Å². The molecule has 3 aromatic rings. The fraction of sp³-hybridized carbons (Fsp3) is 0.333. The quantitative estimate of drug-likeness (QED) is 0.594. The summed E-state index contributed by atoms with van der Waals surface area (Å²) >= 11 is 0. The van der Waals surface area contributed by atoms with Gasteiger partial charge < -0.3 is 4.90 Å². The monoisotopic (exact) mass is 349 g/mol. The van der Waals surface area contributed by atoms with Crippen molar-refractivity contribution in [2.24, 2.45) is 0 Å². The van der Waals surface area contributed by atoms with Gasteiger partial charge in [-0.3, -0.25) is 9.88 Å². The first-order valence-electron chi connectivity index (χ1n) is 9.06. The Morgan fingerprint density at radius 2 is 1.73 bits per heavy atom. The normalized spacial score (nSPS) is 11.4. The van der Waals surface area contributed by atoms with Gasteiger partial charge in [0.1, 0.15) is 0 Å². The fourth-order valence-electron chi connectivity index (χ4n) is 2.97. The molecule has 3 rings (SSSR count). The molecule has 0 fully saturated rings. The van der Waals surface area contributed by atoms with Crippen LogP contribution in [0.4, 0.5) is 0 Å². The highest BCUT2D eigenvalue weighted by molar-refractivity contribution is 5.30. The van der Waals surface area contributed by atoms with E-state index in [1.54, 1.807) is 0 Å². The molecule has 136 valence electrons. The van der Waals surface area contributed by atoms with Gasteiger partial charge in [-0.25, -0.2) is 4.68 Å². The second kappa shape index (κ2) is 9.27. The maximum absolute atomic E-state index is 4.52. The number of aromatic nitrogens is 3. The van der Waals surface area contributed by atoms with Crippen molar-refractivity contribution in [2.45, 2.75) is 19.5 Å². The second-order valence-corrected chi connectivity index (χ2v) is 6.82. The Labute approximate surface area is 155 Å². The Morgan fingerprint density at radius 1 is 0.923 bits per heavy atom. The molecule has 0 spiro atoms. The minimum atomic E-state index is 0.852. The molecule has 0 N–H and O–H groups in total. The van der Waals surface area contributed by atoms with Crippen molar-refractivity contribution in [2.75, 3.05) is 27.2 Å². The van der Waals surface area contributed by atoms with Crippen LogP contribution in [0.2, 0.25) is 0 Å². The van der Waals surface area contributed by atoms with Crippen LogP contribution in [0, 0.1) is 0 Å². The molecule has 2 heterocycles. The zero-order valence-corrected chi connectivity index (χ0v) is 15.6. The first kappa shape index (κ1) is 18.3. The summed E-state index contributed by atoms with van der Waals surface area (Å²) in [5, 5.41) is 4.52. The minimum Gasteiger partial charge on any atom is -0.309 e. The van der Waals surface area contributed by atoms with Crippen molar-refractivity contribution >= 4 is 0 Å². The summed E-state index contributed by atoms with van der Waals surface area (Å²) in [6.07, 6.45) is 7.07. The summed E-state index contributed by atoms with van der Waals surface area (Å²) in [5.41, 5.74) is 3.41. The van der Waals surface area contributed by atoms with E-state index in [-0.39, 0.29) is 0 Å². The minimum absolute atomic E-state index is 0.852. The summed E-state index contributed by atoms with van der Waals surface area (Å²) in [7, 11) is 4.24. The number of nitrogens with zero attached hydrogens (tertiary/aromatic N) is 5. The highest BCUT2D eigenvalue weighted by Gasteiger charge is 2.10. The SMILES string of the molecule is CN(C)CCCN(Cc1cnn(-c2ccccc2)c1)Cc1ccccn1. The number of hydrogen-bond donors (Lipinski definition) is 0. The van der Waals surface area contributed by atoms with Gasteiger partial charge in [-0.15, -0.1) is 0 Å². The Morgan fingerprint density at radius 3 is 2.46 bits per heavy atom. The molecule has 0 aliphatic heterocycles. The van der Waals surface area contributed by atoms with Gasteiger partial charge in [0.15, 0.2) is 0 Å². The average molecular weight is 349 g/mol. The fourth-order valence-corrected chi connectivity index (χ4v) is 2.97. The standard InChI is InChI=1S/C21H27N5/c1-24(2)13-8-14-25(18-20-9-6-7-12-22-20)16-19-15-23-26(17-19)21-10-4-3-5-11-21/h3-7,9-12,15,17H,8,13-14,16,18H2,1-2H3. The first-order chi connectivity index (χ1) is 12.7. The topological polar surface area (TPSA) is 37.2 Å². The number of benzene rings is 1. The summed E-state index contributed by atoms with van der Waals surface area (Å²) < 4.78 is 1.94. The van der Waals surface area contributed by atoms with Crippen molar-refractivity contribution in [1.82, 2.24) is 24.6 Å². The lowest BCUT2D eigenvalue weighted by Gasteiger charge is -2.22. The Balaban J connectivity index is 1.67. The zero-order chi connectivity index (χ0) is 18.2. The highest BCUT2D eigenvalue weighted by atomic mass is 15.3. The summed E-state index contributed by atoms with van der Waals surface area (Å²) in [6.45, 7) is 3.84. The third kappa shape index (κ3) is 5.51. The highest BCUT2D eigenvalue weighted by Crippen LogP contribution is 2.12. The summed E-state index contributed by atoms with van der Waals surface area (Å²) in [6, 6.07) is 16.3. The number of rotatable bonds is 9. The molecule has 1 aromatic carbocycles. The lowest BCUT2D eigenvalue weighted by Crippen LogP contribution is -2.27. The van der Waals surface area contributed by atoms with Crippen LogP contribution < -0.4 is 0 Å². The van der Waals surface area contributed by atoms with Crippen molar-refractivity contribution in [3.8, 4) is 5.69 Å². The predicted octanol–water partition coefficient (Wildman–Crippen LogP) is 3.22. The molecule has 26 heavy (non-hydrogen) atoms. The summed E-state index contributed by atoms with van der Waals surface area (Å²) in [4.78, 5) is 9.15. The Bertz CT molecular complexity index is 767. The van der Waals surface area contributed by atoms with Gasteiger partial charge in [-0.2, -0.15) is 5.10 Å². The van der Waals surface area contributed by atoms with Crippen LogP contribution in [0.1, 0.15) is 17.7 Å². The van der Waals surface area contributed by atoms with Gasteiger partial charge in [0.25, 0.3) is 0 Å². The molecule has 5 nitrogen and oxygen atoms in total. The largest absolute Gasteiger partial charge is 0.309 e. The molecule has 0 unspecified atom stereocenters. The molecular formula is C21H27N5. The zero-order valence-electron chi connectivity index (χ0n) is 15.6. The maximum Gasteiger partial charge on any atom is 0.0645 e. The van der Waals surface area contributed by atoms with Crippen LogP contribution in [-0.4, -0.2) is 51.7 Å². The molecule has 0 radical (unpaired) electrons. The van der Waals surface area contributed by atoms with Gasteiger partial charge in [-0.1, -0.05) is 24.3 Å². The van der Waals surface area contributed by atoms with E-state index >= 15 is 0 Å². The molecule has 0 aliphatic rings. The smallest absolute Gasteiger partial charge is 0.0645 e. The summed E-state index contributed by atoms with van der Waals surface area (Å²) in [5.74, 6) is 0. The van der Waals surface area contributed by atoms with Crippen LogP contribution >= 0.6 is 0 Å². The molecule has 0 aliphatic carbocycles. The van der Waals surface area contributed by atoms with Gasteiger partial charge in [0, 0.05) is 37.6 Å². The lowest BCUT2D eigenvalue weighted by molar-refractivity contribution is 0.237. The molecule has 0 atom stereocenters. The molecular weight excluding hydrogens is 322 g/mol. The van der Waals surface area contributed by atoms with Crippen LogP contribution in [0.25, 0.3) is 5.69 Å². The third-order valence-corrected chi connectivity index (χ3v) is 4.25. The van der Waals surface area contributed by atoms with Crippen molar-refractivity contribution in [3.63, 3.8) is 0 Å². The molecule has 0 bridgehead atoms. The molecule has 0 saturated heterocycles. The lowest BCUT2D eigenvalue weighted by atomic mass is 10.2. The van der Waals surface area contributed by atoms with E-state index in [2.05, 4.69) is 58.4 Å². The molecule has 5 heteroatoms. The molecule has 0 saturated carbocycles. The molecule has 2 aromatic heterocycles. The van der Waals surface area contributed by atoms with Gasteiger partial charge in [-0.05, 0) is 51.3 Å². The van der Waals surface area contributed by atoms with Crippen LogP contribution in [0.5, 0.6) is 0 Å². The van der Waals surface area contributed by atoms with E-state index in [0.717, 1.165) is 44.0 Å². The van der Waals surface area contributed by atoms with Gasteiger partial charge >= 0.3 is 0 Å². The maximum atomic E-state index is 4.52. The van der Waals surface area contributed by atoms with Crippen LogP contribution in [0.3, 0.4) is 0 Å².